The van der Waals surface area contributed by atoms with Crippen LogP contribution in [-0.4, -0.2) is 81.7 Å². The highest BCUT2D eigenvalue weighted by Gasteiger charge is 2.34. The standard InChI is InChI=1S/C42H38F3N7O7S/c43-42(44,45)33-3-1-2-4-35(33)56-23-27-5-8-29(9-6-27)41-48-39(59-50-41)22-52-15-13-51(14-16-52)21-38(54)49-46-20-30-10-11-32(19-34(30)53)55-24-31-25-60-40(47-31)18-28-7-12-36-37(17-28)58-26-57-36/h1-12,17,19-20,25,53H,13-16,18,21-24,26H2,(H,49,54). The fourth-order valence-electron chi connectivity index (χ4n) is 6.48. The van der Waals surface area contributed by atoms with Crippen LogP contribution in [0.1, 0.15) is 38.8 Å². The van der Waals surface area contributed by atoms with Crippen molar-refractivity contribution in [2.45, 2.75) is 32.4 Å². The second-order valence-electron chi connectivity index (χ2n) is 13.9. The Kier molecular flexibility index (Phi) is 12.2. The summed E-state index contributed by atoms with van der Waals surface area (Å²) in [5.41, 5.74) is 5.34. The third kappa shape index (κ3) is 10.4. The Morgan fingerprint density at radius 1 is 0.900 bits per heavy atom. The number of benzene rings is 4. The topological polar surface area (TPSA) is 157 Å². The monoisotopic (exact) mass is 841 g/mol. The van der Waals surface area contributed by atoms with Crippen LogP contribution in [0.2, 0.25) is 0 Å². The van der Waals surface area contributed by atoms with Crippen molar-refractivity contribution in [3.63, 3.8) is 0 Å². The van der Waals surface area contributed by atoms with E-state index in [9.17, 15) is 23.1 Å². The Hall–Kier alpha value is -6.50. The van der Waals surface area contributed by atoms with Gasteiger partial charge >= 0.3 is 6.18 Å². The molecule has 2 aliphatic rings. The van der Waals surface area contributed by atoms with Gasteiger partial charge < -0.3 is 28.6 Å². The number of hydrogen-bond donors (Lipinski definition) is 2. The number of para-hydroxylation sites is 1. The Morgan fingerprint density at radius 2 is 1.68 bits per heavy atom. The Labute approximate surface area is 345 Å². The number of amides is 1. The summed E-state index contributed by atoms with van der Waals surface area (Å²) in [6.45, 7) is 3.64. The van der Waals surface area contributed by atoms with Crippen molar-refractivity contribution in [3.05, 3.63) is 129 Å². The fraction of sp³-hybridized carbons (Fsp3) is 0.262. The van der Waals surface area contributed by atoms with Crippen molar-refractivity contribution in [2.24, 2.45) is 5.10 Å². The Balaban J connectivity index is 0.730. The summed E-state index contributed by atoms with van der Waals surface area (Å²) in [5.74, 6) is 2.21. The van der Waals surface area contributed by atoms with Gasteiger partial charge in [-0.1, -0.05) is 47.6 Å². The lowest BCUT2D eigenvalue weighted by Crippen LogP contribution is -2.48. The lowest BCUT2D eigenvalue weighted by Gasteiger charge is -2.33. The molecule has 0 radical (unpaired) electrons. The first-order chi connectivity index (χ1) is 29.1. The van der Waals surface area contributed by atoms with Gasteiger partial charge in [0.05, 0.1) is 35.6 Å². The number of hydrazone groups is 1. The van der Waals surface area contributed by atoms with Gasteiger partial charge in [-0.05, 0) is 47.5 Å². The van der Waals surface area contributed by atoms with Crippen LogP contribution in [0.3, 0.4) is 0 Å². The molecule has 2 N–H and O–H groups in total. The summed E-state index contributed by atoms with van der Waals surface area (Å²) in [5, 5.41) is 21.6. The molecule has 0 spiro atoms. The number of aromatic nitrogens is 3. The fourth-order valence-corrected chi connectivity index (χ4v) is 7.30. The maximum Gasteiger partial charge on any atom is 0.419 e. The van der Waals surface area contributed by atoms with Crippen LogP contribution in [0.15, 0.2) is 99.9 Å². The van der Waals surface area contributed by atoms with Gasteiger partial charge in [0, 0.05) is 55.2 Å². The quantitative estimate of drug-likeness (QED) is 0.0839. The minimum atomic E-state index is -4.51. The zero-order valence-electron chi connectivity index (χ0n) is 31.9. The van der Waals surface area contributed by atoms with Gasteiger partial charge in [-0.2, -0.15) is 23.3 Å². The van der Waals surface area contributed by atoms with E-state index in [4.69, 9.17) is 23.5 Å². The number of thiazole rings is 1. The van der Waals surface area contributed by atoms with Crippen molar-refractivity contribution >= 4 is 23.5 Å². The van der Waals surface area contributed by atoms with E-state index in [1.807, 2.05) is 28.5 Å². The zero-order valence-corrected chi connectivity index (χ0v) is 32.7. The number of nitrogens with zero attached hydrogens (tertiary/aromatic N) is 6. The first kappa shape index (κ1) is 40.3. The van der Waals surface area contributed by atoms with Crippen molar-refractivity contribution in [2.75, 3.05) is 39.5 Å². The number of aromatic hydroxyl groups is 1. The molecule has 60 heavy (non-hydrogen) atoms. The summed E-state index contributed by atoms with van der Waals surface area (Å²) in [6.07, 6.45) is -2.47. The van der Waals surface area contributed by atoms with E-state index in [1.165, 1.54) is 30.5 Å². The second-order valence-corrected chi connectivity index (χ2v) is 14.9. The molecule has 310 valence electrons. The first-order valence-corrected chi connectivity index (χ1v) is 19.7. The molecule has 6 aromatic rings. The number of hydrogen-bond acceptors (Lipinski definition) is 14. The summed E-state index contributed by atoms with van der Waals surface area (Å²) >= 11 is 1.54. The molecule has 4 aromatic carbocycles. The highest BCUT2D eigenvalue weighted by atomic mass is 32.1. The molecule has 1 amide bonds. The molecule has 14 nitrogen and oxygen atoms in total. The van der Waals surface area contributed by atoms with Gasteiger partial charge in [0.1, 0.15) is 30.5 Å². The summed E-state index contributed by atoms with van der Waals surface area (Å²) in [4.78, 5) is 26.0. The normalized spacial score (nSPS) is 14.4. The largest absolute Gasteiger partial charge is 0.507 e. The minimum absolute atomic E-state index is 0.0368. The number of piperazine rings is 1. The maximum atomic E-state index is 13.3. The lowest BCUT2D eigenvalue weighted by atomic mass is 10.1. The first-order valence-electron chi connectivity index (χ1n) is 18.9. The average Bonchev–Trinajstić information content (AvgIpc) is 4.03. The van der Waals surface area contributed by atoms with E-state index >= 15 is 0 Å². The molecule has 1 saturated heterocycles. The van der Waals surface area contributed by atoms with Gasteiger partial charge in [-0.3, -0.25) is 14.6 Å². The van der Waals surface area contributed by atoms with E-state index in [2.05, 4.69) is 30.6 Å². The number of halogens is 3. The highest BCUT2D eigenvalue weighted by molar-refractivity contribution is 7.09. The zero-order chi connectivity index (χ0) is 41.5. The number of carbonyl (C=O) groups is 1. The lowest BCUT2D eigenvalue weighted by molar-refractivity contribution is -0.139. The average molecular weight is 842 g/mol. The number of nitrogens with one attached hydrogen (secondary N) is 1. The number of rotatable bonds is 15. The van der Waals surface area contributed by atoms with Crippen LogP contribution in [0.4, 0.5) is 13.2 Å². The smallest absolute Gasteiger partial charge is 0.419 e. The predicted octanol–water partition coefficient (Wildman–Crippen LogP) is 6.66. The molecule has 2 aliphatic heterocycles. The van der Waals surface area contributed by atoms with Crippen LogP contribution >= 0.6 is 11.3 Å². The molecule has 0 unspecified atom stereocenters. The van der Waals surface area contributed by atoms with Gasteiger partial charge in [0.25, 0.3) is 5.91 Å². The Bertz CT molecular complexity index is 2450. The van der Waals surface area contributed by atoms with Crippen molar-refractivity contribution in [1.82, 2.24) is 30.4 Å². The molecule has 0 bridgehead atoms. The number of carbonyl (C=O) groups excluding carboxylic acids is 1. The van der Waals surface area contributed by atoms with Crippen LogP contribution < -0.4 is 24.4 Å². The Morgan fingerprint density at radius 3 is 2.50 bits per heavy atom. The number of phenols is 1. The number of fused-ring (bicyclic) bond motifs is 1. The van der Waals surface area contributed by atoms with Crippen LogP contribution in [0.25, 0.3) is 11.4 Å². The maximum absolute atomic E-state index is 13.3. The third-order valence-corrected chi connectivity index (χ3v) is 10.5. The molecule has 18 heteroatoms. The third-order valence-electron chi connectivity index (χ3n) is 9.63. The molecule has 1 fully saturated rings. The minimum Gasteiger partial charge on any atom is -0.507 e. The van der Waals surface area contributed by atoms with E-state index in [0.717, 1.165) is 33.8 Å². The summed E-state index contributed by atoms with van der Waals surface area (Å²) < 4.78 is 67.5. The van der Waals surface area contributed by atoms with Crippen molar-refractivity contribution in [1.29, 1.82) is 0 Å². The van der Waals surface area contributed by atoms with E-state index < -0.39 is 11.7 Å². The van der Waals surface area contributed by atoms with Gasteiger partial charge in [-0.25, -0.2) is 10.4 Å². The van der Waals surface area contributed by atoms with Crippen LogP contribution in [0.5, 0.6) is 28.7 Å². The molecular formula is C42H38F3N7O7S. The van der Waals surface area contributed by atoms with Crippen LogP contribution in [-0.2, 0) is 37.2 Å². The number of phenolic OH excluding ortho intramolecular Hbond substituents is 1. The van der Waals surface area contributed by atoms with Crippen molar-refractivity contribution < 1.29 is 46.5 Å². The molecule has 0 aliphatic carbocycles. The molecule has 0 atom stereocenters. The van der Waals surface area contributed by atoms with Gasteiger partial charge in [0.15, 0.2) is 11.5 Å². The van der Waals surface area contributed by atoms with Crippen molar-refractivity contribution in [3.8, 4) is 40.1 Å². The second kappa shape index (κ2) is 18.2. The summed E-state index contributed by atoms with van der Waals surface area (Å²) in [6, 6.07) is 22.8. The molecular weight excluding hydrogens is 804 g/mol. The molecule has 0 saturated carbocycles. The van der Waals surface area contributed by atoms with Gasteiger partial charge in [-0.15, -0.1) is 11.3 Å². The van der Waals surface area contributed by atoms with E-state index in [1.54, 1.807) is 47.7 Å². The molecule has 8 rings (SSSR count). The number of ether oxygens (including phenoxy) is 4. The van der Waals surface area contributed by atoms with Gasteiger partial charge in [0.2, 0.25) is 18.5 Å². The molecule has 4 heterocycles. The number of alkyl halides is 3. The SMILES string of the molecule is O=C(CN1CCN(Cc2nc(-c3ccc(COc4ccccc4C(F)(F)F)cc3)no2)CC1)NN=Cc1ccc(OCc2csc(Cc3ccc4c(c3)OCO4)n2)cc1O. The molecule has 2 aromatic heterocycles. The highest BCUT2D eigenvalue weighted by Crippen LogP contribution is 2.36. The van der Waals surface area contributed by atoms with Crippen LogP contribution in [0, 0.1) is 0 Å². The predicted molar refractivity (Wildman–Crippen MR) is 213 cm³/mol. The van der Waals surface area contributed by atoms with E-state index in [-0.39, 0.29) is 44.0 Å². The summed E-state index contributed by atoms with van der Waals surface area (Å²) in [7, 11) is 0. The van der Waals surface area contributed by atoms with E-state index in [0.29, 0.717) is 73.3 Å².